The van der Waals surface area contributed by atoms with Crippen molar-refractivity contribution in [1.82, 2.24) is 5.16 Å². The second kappa shape index (κ2) is 6.16. The zero-order valence-corrected chi connectivity index (χ0v) is 11.9. The summed E-state index contributed by atoms with van der Waals surface area (Å²) in [6.07, 6.45) is -2.93. The minimum atomic E-state index is -4.39. The van der Waals surface area contributed by atoms with Crippen LogP contribution in [-0.4, -0.2) is 5.16 Å². The van der Waals surface area contributed by atoms with E-state index in [1.54, 1.807) is 36.4 Å². The van der Waals surface area contributed by atoms with Gasteiger partial charge in [0.2, 0.25) is 0 Å². The van der Waals surface area contributed by atoms with Crippen molar-refractivity contribution in [2.24, 2.45) is 0 Å². The fourth-order valence-corrected chi connectivity index (χ4v) is 2.17. The predicted octanol–water partition coefficient (Wildman–Crippen LogP) is 4.94. The summed E-state index contributed by atoms with van der Waals surface area (Å²) in [6.45, 7) is -0.154. The Kier molecular flexibility index (Phi) is 4.06. The molecule has 23 heavy (non-hydrogen) atoms. The highest BCUT2D eigenvalue weighted by molar-refractivity contribution is 5.59. The summed E-state index contributed by atoms with van der Waals surface area (Å²) in [6, 6.07) is 14.0. The van der Waals surface area contributed by atoms with E-state index in [0.29, 0.717) is 11.4 Å². The Bertz CT molecular complexity index is 765. The number of hydrogen-bond donors (Lipinski definition) is 0. The maximum absolute atomic E-state index is 12.9. The van der Waals surface area contributed by atoms with Crippen LogP contribution < -0.4 is 4.74 Å². The lowest BCUT2D eigenvalue weighted by Crippen LogP contribution is -2.10. The minimum Gasteiger partial charge on any atom is -0.489 e. The third-order valence-electron chi connectivity index (χ3n) is 3.31. The first-order chi connectivity index (χ1) is 11.0. The van der Waals surface area contributed by atoms with E-state index in [1.165, 1.54) is 18.4 Å². The predicted molar refractivity (Wildman–Crippen MR) is 77.7 cm³/mol. The molecule has 0 radical (unpaired) electrons. The molecule has 0 fully saturated rings. The van der Waals surface area contributed by atoms with Gasteiger partial charge in [-0.05, 0) is 30.3 Å². The van der Waals surface area contributed by atoms with Crippen molar-refractivity contribution in [3.8, 4) is 17.0 Å². The summed E-state index contributed by atoms with van der Waals surface area (Å²) in [5, 5.41) is 3.81. The maximum Gasteiger partial charge on any atom is 0.416 e. The smallest absolute Gasteiger partial charge is 0.416 e. The Morgan fingerprint density at radius 2 is 1.70 bits per heavy atom. The lowest BCUT2D eigenvalue weighted by molar-refractivity contribution is -0.138. The molecule has 0 amide bonds. The summed E-state index contributed by atoms with van der Waals surface area (Å²) in [4.78, 5) is 0. The van der Waals surface area contributed by atoms with Gasteiger partial charge in [0.1, 0.15) is 24.3 Å². The van der Waals surface area contributed by atoms with Crippen LogP contribution in [0.25, 0.3) is 11.3 Å². The highest BCUT2D eigenvalue weighted by Crippen LogP contribution is 2.32. The molecule has 2 aromatic carbocycles. The van der Waals surface area contributed by atoms with E-state index >= 15 is 0 Å². The minimum absolute atomic E-state index is 0.0978. The van der Waals surface area contributed by atoms with Gasteiger partial charge in [-0.2, -0.15) is 13.2 Å². The second-order valence-corrected chi connectivity index (χ2v) is 4.85. The fourth-order valence-electron chi connectivity index (χ4n) is 2.17. The molecule has 0 saturated heterocycles. The van der Waals surface area contributed by atoms with Gasteiger partial charge in [-0.3, -0.25) is 0 Å². The lowest BCUT2D eigenvalue weighted by Gasteiger charge is -2.13. The van der Waals surface area contributed by atoms with Gasteiger partial charge in [0.25, 0.3) is 0 Å². The number of benzene rings is 2. The van der Waals surface area contributed by atoms with Crippen molar-refractivity contribution < 1.29 is 22.4 Å². The molecular weight excluding hydrogens is 307 g/mol. The average Bonchev–Trinajstić information content (AvgIpc) is 3.07. The highest BCUT2D eigenvalue weighted by Gasteiger charge is 2.32. The third-order valence-corrected chi connectivity index (χ3v) is 3.31. The van der Waals surface area contributed by atoms with E-state index in [2.05, 4.69) is 5.16 Å². The summed E-state index contributed by atoms with van der Waals surface area (Å²) in [7, 11) is 0. The van der Waals surface area contributed by atoms with Crippen molar-refractivity contribution in [3.63, 3.8) is 0 Å². The number of aromatic nitrogens is 1. The average molecular weight is 319 g/mol. The fraction of sp³-hybridized carbons (Fsp3) is 0.118. The number of nitrogens with zero attached hydrogens (tertiary/aromatic N) is 1. The molecule has 118 valence electrons. The van der Waals surface area contributed by atoms with Crippen LogP contribution in [-0.2, 0) is 12.8 Å². The molecule has 0 N–H and O–H groups in total. The first-order valence-corrected chi connectivity index (χ1v) is 6.83. The Hall–Kier alpha value is -2.76. The Balaban J connectivity index is 1.72. The zero-order valence-electron chi connectivity index (χ0n) is 11.9. The summed E-state index contributed by atoms with van der Waals surface area (Å²) >= 11 is 0. The van der Waals surface area contributed by atoms with Gasteiger partial charge in [-0.1, -0.05) is 23.4 Å². The van der Waals surface area contributed by atoms with Gasteiger partial charge in [0.15, 0.2) is 0 Å². The molecule has 0 bridgehead atoms. The maximum atomic E-state index is 12.9. The quantitative estimate of drug-likeness (QED) is 0.683. The van der Waals surface area contributed by atoms with Gasteiger partial charge < -0.3 is 9.26 Å². The van der Waals surface area contributed by atoms with Crippen LogP contribution in [0.1, 0.15) is 11.1 Å². The van der Waals surface area contributed by atoms with Crippen molar-refractivity contribution in [2.45, 2.75) is 12.8 Å². The van der Waals surface area contributed by atoms with Gasteiger partial charge in [-0.15, -0.1) is 0 Å². The summed E-state index contributed by atoms with van der Waals surface area (Å²) < 4.78 is 49.0. The molecule has 6 heteroatoms. The SMILES string of the molecule is FC(F)(F)c1ccccc1COc1ccc(-c2ccon2)cc1. The van der Waals surface area contributed by atoms with Gasteiger partial charge >= 0.3 is 6.18 Å². The van der Waals surface area contributed by atoms with Crippen molar-refractivity contribution in [3.05, 3.63) is 72.0 Å². The van der Waals surface area contributed by atoms with Crippen LogP contribution in [0, 0.1) is 0 Å². The normalized spacial score (nSPS) is 11.4. The Morgan fingerprint density at radius 1 is 0.957 bits per heavy atom. The van der Waals surface area contributed by atoms with E-state index in [4.69, 9.17) is 9.26 Å². The number of halogens is 3. The molecule has 0 aliphatic heterocycles. The molecule has 0 atom stereocenters. The Labute approximate surface area is 130 Å². The monoisotopic (exact) mass is 319 g/mol. The number of hydrogen-bond acceptors (Lipinski definition) is 3. The molecule has 0 aliphatic rings. The molecule has 3 rings (SSSR count). The first kappa shape index (κ1) is 15.1. The van der Waals surface area contributed by atoms with Crippen LogP contribution in [0.5, 0.6) is 5.75 Å². The molecule has 3 aromatic rings. The van der Waals surface area contributed by atoms with Crippen LogP contribution in [0.4, 0.5) is 13.2 Å². The molecule has 0 unspecified atom stereocenters. The van der Waals surface area contributed by atoms with E-state index in [1.807, 2.05) is 0 Å². The van der Waals surface area contributed by atoms with Crippen LogP contribution >= 0.6 is 0 Å². The van der Waals surface area contributed by atoms with Gasteiger partial charge in [0, 0.05) is 17.2 Å². The van der Waals surface area contributed by atoms with Crippen LogP contribution in [0.3, 0.4) is 0 Å². The van der Waals surface area contributed by atoms with E-state index in [9.17, 15) is 13.2 Å². The first-order valence-electron chi connectivity index (χ1n) is 6.83. The highest BCUT2D eigenvalue weighted by atomic mass is 19.4. The van der Waals surface area contributed by atoms with Crippen molar-refractivity contribution >= 4 is 0 Å². The summed E-state index contributed by atoms with van der Waals surface area (Å²) in [5.74, 6) is 0.481. The molecule has 3 nitrogen and oxygen atoms in total. The molecular formula is C17H12F3NO2. The van der Waals surface area contributed by atoms with E-state index in [-0.39, 0.29) is 12.2 Å². The Morgan fingerprint density at radius 3 is 2.35 bits per heavy atom. The molecule has 1 aromatic heterocycles. The van der Waals surface area contributed by atoms with Gasteiger partial charge in [0.05, 0.1) is 5.56 Å². The van der Waals surface area contributed by atoms with Crippen LogP contribution in [0.2, 0.25) is 0 Å². The molecule has 0 aliphatic carbocycles. The molecule has 0 saturated carbocycles. The second-order valence-electron chi connectivity index (χ2n) is 4.85. The molecule has 0 spiro atoms. The molecule has 1 heterocycles. The topological polar surface area (TPSA) is 35.3 Å². The lowest BCUT2D eigenvalue weighted by atomic mass is 10.1. The largest absolute Gasteiger partial charge is 0.489 e. The van der Waals surface area contributed by atoms with E-state index < -0.39 is 11.7 Å². The standard InChI is InChI=1S/C17H12F3NO2/c18-17(19,20)15-4-2-1-3-13(15)11-22-14-7-5-12(6-8-14)16-9-10-23-21-16/h1-10H,11H2. The number of rotatable bonds is 4. The van der Waals surface area contributed by atoms with Crippen LogP contribution in [0.15, 0.2) is 65.4 Å². The number of alkyl halides is 3. The van der Waals surface area contributed by atoms with E-state index in [0.717, 1.165) is 11.6 Å². The van der Waals surface area contributed by atoms with Gasteiger partial charge in [-0.25, -0.2) is 0 Å². The zero-order chi connectivity index (χ0) is 16.3. The number of ether oxygens (including phenoxy) is 1. The van der Waals surface area contributed by atoms with Crippen molar-refractivity contribution in [2.75, 3.05) is 0 Å². The third kappa shape index (κ3) is 3.53. The van der Waals surface area contributed by atoms with Crippen molar-refractivity contribution in [1.29, 1.82) is 0 Å². The summed E-state index contributed by atoms with van der Waals surface area (Å²) in [5.41, 5.74) is 0.931.